The van der Waals surface area contributed by atoms with E-state index in [4.69, 9.17) is 9.47 Å². The number of rotatable bonds is 4. The maximum Gasteiger partial charge on any atom is 0.407 e. The summed E-state index contributed by atoms with van der Waals surface area (Å²) in [6.45, 7) is 9.17. The molecule has 0 atom stereocenters. The first-order valence-corrected chi connectivity index (χ1v) is 11.6. The monoisotopic (exact) mass is 451 g/mol. The van der Waals surface area contributed by atoms with Crippen molar-refractivity contribution in [2.75, 3.05) is 29.9 Å². The van der Waals surface area contributed by atoms with E-state index >= 15 is 0 Å². The fourth-order valence-corrected chi connectivity index (χ4v) is 4.02. The normalized spacial score (nSPS) is 18.8. The largest absolute Gasteiger partial charge is 0.475 e. The summed E-state index contributed by atoms with van der Waals surface area (Å²) in [6, 6.07) is 7.68. The van der Waals surface area contributed by atoms with Crippen molar-refractivity contribution in [3.8, 4) is 0 Å². The minimum Gasteiger partial charge on any atom is -0.475 e. The van der Waals surface area contributed by atoms with Gasteiger partial charge in [0.15, 0.2) is 0 Å². The molecule has 2 aliphatic rings. The van der Waals surface area contributed by atoms with E-state index in [0.717, 1.165) is 31.6 Å². The number of piperidine rings is 1. The van der Waals surface area contributed by atoms with Gasteiger partial charge in [-0.05, 0) is 64.8 Å². The fraction of sp³-hybridized carbons (Fsp3) is 0.550. The third-order valence-electron chi connectivity index (χ3n) is 4.60. The van der Waals surface area contributed by atoms with E-state index in [1.807, 2.05) is 45.0 Å². The molecule has 11 heteroatoms. The van der Waals surface area contributed by atoms with E-state index in [-0.39, 0.29) is 30.5 Å². The summed E-state index contributed by atoms with van der Waals surface area (Å²) in [5, 5.41) is 5.88. The van der Waals surface area contributed by atoms with Gasteiger partial charge in [-0.25, -0.2) is 4.79 Å². The van der Waals surface area contributed by atoms with Crippen LogP contribution in [0.1, 0.15) is 40.5 Å². The highest BCUT2D eigenvalue weighted by Crippen LogP contribution is 2.23. The topological polar surface area (TPSA) is 122 Å². The lowest BCUT2D eigenvalue weighted by atomic mass is 10.0. The Kier molecular flexibility index (Phi) is 6.73. The number of benzene rings is 1. The van der Waals surface area contributed by atoms with Gasteiger partial charge in [0.25, 0.3) is 5.90 Å². The van der Waals surface area contributed by atoms with Crippen LogP contribution in [-0.4, -0.2) is 57.6 Å². The lowest BCUT2D eigenvalue weighted by Gasteiger charge is -2.34. The van der Waals surface area contributed by atoms with Crippen molar-refractivity contribution in [1.82, 2.24) is 5.32 Å². The number of amides is 1. The number of carbonyl (C=O) groups excluding carboxylic acids is 1. The van der Waals surface area contributed by atoms with Crippen molar-refractivity contribution in [2.24, 2.45) is 8.80 Å². The Labute approximate surface area is 182 Å². The first kappa shape index (κ1) is 22.9. The number of alkyl carbamates (subject to hydrolysis) is 1. The first-order valence-electron chi connectivity index (χ1n) is 10.2. The maximum atomic E-state index is 11.9. The van der Waals surface area contributed by atoms with E-state index in [0.29, 0.717) is 5.69 Å². The second-order valence-electron chi connectivity index (χ2n) is 8.30. The molecule has 0 aliphatic carbocycles. The van der Waals surface area contributed by atoms with Crippen molar-refractivity contribution in [3.05, 3.63) is 24.3 Å². The molecule has 0 aromatic heterocycles. The molecule has 170 valence electrons. The molecule has 0 unspecified atom stereocenters. The average molecular weight is 452 g/mol. The van der Waals surface area contributed by atoms with Gasteiger partial charge in [-0.2, -0.15) is 8.42 Å². The number of carbonyl (C=O) groups is 1. The molecule has 0 radical (unpaired) electrons. The van der Waals surface area contributed by atoms with Crippen LogP contribution in [0, 0.1) is 0 Å². The molecule has 10 nitrogen and oxygen atoms in total. The van der Waals surface area contributed by atoms with Crippen LogP contribution in [0.5, 0.6) is 0 Å². The molecule has 2 aliphatic heterocycles. The standard InChI is InChI=1S/C20H29N5O5S/c1-5-29-18-17(23-31(27,28)24-18)21-14-6-8-16(9-7-14)25-12-10-15(11-13-25)22-19(26)30-20(2,3)4/h6-9,15H,5,10-13H2,1-4H3,(H,21,23)(H,22,26). The number of amidine groups is 1. The van der Waals surface area contributed by atoms with Crippen LogP contribution >= 0.6 is 0 Å². The summed E-state index contributed by atoms with van der Waals surface area (Å²) in [7, 11) is -3.90. The van der Waals surface area contributed by atoms with Gasteiger partial charge in [-0.1, -0.05) is 0 Å². The molecule has 3 rings (SSSR count). The zero-order chi connectivity index (χ0) is 22.6. The number of anilines is 2. The predicted molar refractivity (Wildman–Crippen MR) is 120 cm³/mol. The van der Waals surface area contributed by atoms with Crippen LogP contribution in [0.4, 0.5) is 16.2 Å². The van der Waals surface area contributed by atoms with Gasteiger partial charge >= 0.3 is 16.3 Å². The molecular formula is C20H29N5O5S. The van der Waals surface area contributed by atoms with Crippen molar-refractivity contribution in [1.29, 1.82) is 0 Å². The summed E-state index contributed by atoms with van der Waals surface area (Å²) < 4.78 is 40.8. The van der Waals surface area contributed by atoms with Gasteiger partial charge in [-0.3, -0.25) is 0 Å². The van der Waals surface area contributed by atoms with Gasteiger partial charge in [0.05, 0.1) is 6.61 Å². The second kappa shape index (κ2) is 9.13. The van der Waals surface area contributed by atoms with Crippen LogP contribution < -0.4 is 15.5 Å². The molecule has 2 N–H and O–H groups in total. The van der Waals surface area contributed by atoms with E-state index in [1.165, 1.54) is 0 Å². The zero-order valence-electron chi connectivity index (χ0n) is 18.2. The summed E-state index contributed by atoms with van der Waals surface area (Å²) in [5.41, 5.74) is 1.21. The van der Waals surface area contributed by atoms with Crippen LogP contribution in [-0.2, 0) is 19.7 Å². The van der Waals surface area contributed by atoms with Gasteiger partial charge in [0.1, 0.15) is 5.60 Å². The number of nitrogens with zero attached hydrogens (tertiary/aromatic N) is 3. The number of nitrogens with one attached hydrogen (secondary N) is 2. The molecule has 0 spiro atoms. The molecule has 1 saturated heterocycles. The predicted octanol–water partition coefficient (Wildman–Crippen LogP) is 2.68. The second-order valence-corrected chi connectivity index (χ2v) is 9.56. The fourth-order valence-electron chi connectivity index (χ4n) is 3.28. The highest BCUT2D eigenvalue weighted by atomic mass is 32.2. The molecule has 1 aromatic rings. The van der Waals surface area contributed by atoms with E-state index in [9.17, 15) is 13.2 Å². The van der Waals surface area contributed by atoms with E-state index < -0.39 is 15.8 Å². The summed E-state index contributed by atoms with van der Waals surface area (Å²) >= 11 is 0. The zero-order valence-corrected chi connectivity index (χ0v) is 19.0. The molecule has 1 amide bonds. The van der Waals surface area contributed by atoms with Gasteiger partial charge in [0, 0.05) is 30.5 Å². The van der Waals surface area contributed by atoms with E-state index in [2.05, 4.69) is 24.3 Å². The van der Waals surface area contributed by atoms with Crippen LogP contribution in [0.2, 0.25) is 0 Å². The van der Waals surface area contributed by atoms with Gasteiger partial charge < -0.3 is 25.0 Å². The lowest BCUT2D eigenvalue weighted by molar-refractivity contribution is 0.0497. The third-order valence-corrected chi connectivity index (χ3v) is 5.41. The lowest BCUT2D eigenvalue weighted by Crippen LogP contribution is -2.46. The van der Waals surface area contributed by atoms with Crippen molar-refractivity contribution in [3.63, 3.8) is 0 Å². The SMILES string of the molecule is CCOC1=NS(=O)(=O)N=C1Nc1ccc(N2CCC(NC(=O)OC(C)(C)C)CC2)cc1. The minimum absolute atomic E-state index is 0.0360. The molecule has 0 saturated carbocycles. The van der Waals surface area contributed by atoms with Crippen molar-refractivity contribution < 1.29 is 22.7 Å². The Morgan fingerprint density at radius 2 is 1.81 bits per heavy atom. The van der Waals surface area contributed by atoms with Crippen molar-refractivity contribution in [2.45, 2.75) is 52.2 Å². The molecule has 2 heterocycles. The Hall–Kier alpha value is -2.82. The Morgan fingerprint density at radius 1 is 1.16 bits per heavy atom. The van der Waals surface area contributed by atoms with E-state index in [1.54, 1.807) is 6.92 Å². The number of ether oxygens (including phenoxy) is 2. The number of hydrogen-bond acceptors (Lipinski definition) is 7. The first-order chi connectivity index (χ1) is 14.5. The maximum absolute atomic E-state index is 11.9. The quantitative estimate of drug-likeness (QED) is 0.722. The molecule has 1 fully saturated rings. The van der Waals surface area contributed by atoms with Gasteiger partial charge in [-0.15, -0.1) is 8.80 Å². The third kappa shape index (κ3) is 6.58. The van der Waals surface area contributed by atoms with Gasteiger partial charge in [0.2, 0.25) is 5.84 Å². The highest BCUT2D eigenvalue weighted by molar-refractivity contribution is 7.89. The Morgan fingerprint density at radius 3 is 2.39 bits per heavy atom. The summed E-state index contributed by atoms with van der Waals surface area (Å²) in [5.74, 6) is 0.0368. The van der Waals surface area contributed by atoms with Crippen LogP contribution in [0.25, 0.3) is 0 Å². The molecule has 1 aromatic carbocycles. The Balaban J connectivity index is 1.54. The Bertz CT molecular complexity index is 959. The van der Waals surface area contributed by atoms with Crippen molar-refractivity contribution >= 4 is 39.4 Å². The van der Waals surface area contributed by atoms with Crippen LogP contribution in [0.3, 0.4) is 0 Å². The molecule has 0 bridgehead atoms. The molecular weight excluding hydrogens is 422 g/mol. The summed E-state index contributed by atoms with van der Waals surface area (Å²) in [4.78, 5) is 14.2. The molecule has 31 heavy (non-hydrogen) atoms. The average Bonchev–Trinajstić information content (AvgIpc) is 2.95. The summed E-state index contributed by atoms with van der Waals surface area (Å²) in [6.07, 6.45) is 1.26. The number of hydrogen-bond donors (Lipinski definition) is 2. The highest BCUT2D eigenvalue weighted by Gasteiger charge is 2.26. The minimum atomic E-state index is -3.90. The smallest absolute Gasteiger partial charge is 0.407 e. The van der Waals surface area contributed by atoms with Crippen LogP contribution in [0.15, 0.2) is 33.1 Å².